The summed E-state index contributed by atoms with van der Waals surface area (Å²) in [4.78, 5) is 0. The first-order valence-corrected chi connectivity index (χ1v) is 12.0. The molecule has 1 aromatic rings. The van der Waals surface area contributed by atoms with E-state index in [4.69, 9.17) is 0 Å². The Bertz CT molecular complexity index is 453. The minimum atomic E-state index is 0.509. The largest absolute Gasteiger partial charge is 0.508 e. The molecule has 0 aromatic heterocycles. The van der Waals surface area contributed by atoms with Crippen molar-refractivity contribution in [2.45, 2.75) is 123 Å². The van der Waals surface area contributed by atoms with Gasteiger partial charge in [-0.05, 0) is 36.3 Å². The average Bonchev–Trinajstić information content (AvgIpc) is 2.68. The minimum Gasteiger partial charge on any atom is -0.508 e. The second-order valence-corrected chi connectivity index (χ2v) is 8.45. The zero-order valence-electron chi connectivity index (χ0n) is 18.5. The summed E-state index contributed by atoms with van der Waals surface area (Å²) in [5, 5.41) is 10.5. The maximum absolute atomic E-state index is 10.5. The van der Waals surface area contributed by atoms with Crippen LogP contribution in [0.5, 0.6) is 5.75 Å². The molecule has 2 atom stereocenters. The maximum atomic E-state index is 10.5. The Labute approximate surface area is 170 Å². The molecule has 1 rings (SSSR count). The Morgan fingerprint density at radius 1 is 0.667 bits per heavy atom. The molecule has 1 heteroatoms. The minimum absolute atomic E-state index is 0.509. The molecule has 0 saturated heterocycles. The third kappa shape index (κ3) is 10.2. The summed E-state index contributed by atoms with van der Waals surface area (Å²) in [6.45, 7) is 6.91. The molecule has 27 heavy (non-hydrogen) atoms. The molecule has 0 spiro atoms. The van der Waals surface area contributed by atoms with Gasteiger partial charge >= 0.3 is 0 Å². The summed E-state index contributed by atoms with van der Waals surface area (Å²) in [6, 6.07) is 8.10. The van der Waals surface area contributed by atoms with Crippen LogP contribution in [0.25, 0.3) is 0 Å². The number of aromatic hydroxyl groups is 1. The Morgan fingerprint density at radius 3 is 1.74 bits per heavy atom. The van der Waals surface area contributed by atoms with Crippen molar-refractivity contribution in [2.75, 3.05) is 0 Å². The molecular formula is C26H46O. The molecule has 0 aliphatic carbocycles. The van der Waals surface area contributed by atoms with E-state index >= 15 is 0 Å². The van der Waals surface area contributed by atoms with Crippen LogP contribution in [-0.4, -0.2) is 5.11 Å². The molecule has 0 heterocycles. The molecule has 0 aliphatic heterocycles. The Kier molecular flexibility index (Phi) is 14.3. The zero-order valence-corrected chi connectivity index (χ0v) is 18.5. The number of phenols is 1. The van der Waals surface area contributed by atoms with E-state index in [2.05, 4.69) is 32.9 Å². The van der Waals surface area contributed by atoms with E-state index in [1.807, 2.05) is 12.1 Å². The third-order valence-corrected chi connectivity index (χ3v) is 6.23. The molecule has 0 bridgehead atoms. The van der Waals surface area contributed by atoms with Gasteiger partial charge in [0.25, 0.3) is 0 Å². The zero-order chi connectivity index (χ0) is 19.7. The normalized spacial score (nSPS) is 13.6. The lowest BCUT2D eigenvalue weighted by molar-refractivity contribution is 0.333. The quantitative estimate of drug-likeness (QED) is 0.270. The summed E-state index contributed by atoms with van der Waals surface area (Å²) in [6.07, 6.45) is 20.1. The van der Waals surface area contributed by atoms with Gasteiger partial charge in [0.05, 0.1) is 0 Å². The number of unbranched alkanes of at least 4 members (excludes halogenated alkanes) is 10. The smallest absolute Gasteiger partial charge is 0.119 e. The van der Waals surface area contributed by atoms with Crippen molar-refractivity contribution in [3.05, 3.63) is 29.8 Å². The van der Waals surface area contributed by atoms with E-state index in [-0.39, 0.29) is 0 Å². The number of rotatable bonds is 17. The van der Waals surface area contributed by atoms with Crippen LogP contribution in [-0.2, 0) is 0 Å². The van der Waals surface area contributed by atoms with Crippen LogP contribution in [0.2, 0.25) is 0 Å². The van der Waals surface area contributed by atoms with E-state index in [1.165, 1.54) is 102 Å². The summed E-state index contributed by atoms with van der Waals surface area (Å²) in [7, 11) is 0. The van der Waals surface area contributed by atoms with Gasteiger partial charge in [-0.25, -0.2) is 0 Å². The van der Waals surface area contributed by atoms with Crippen molar-refractivity contribution in [3.63, 3.8) is 0 Å². The van der Waals surface area contributed by atoms with E-state index in [0.717, 1.165) is 0 Å². The molecule has 1 aromatic carbocycles. The lowest BCUT2D eigenvalue weighted by atomic mass is 9.78. The highest BCUT2D eigenvalue weighted by Crippen LogP contribution is 2.39. The van der Waals surface area contributed by atoms with Gasteiger partial charge in [-0.15, -0.1) is 0 Å². The van der Waals surface area contributed by atoms with Crippen molar-refractivity contribution in [2.24, 2.45) is 5.92 Å². The maximum Gasteiger partial charge on any atom is 0.119 e. The van der Waals surface area contributed by atoms with Crippen LogP contribution in [0.4, 0.5) is 0 Å². The first kappa shape index (κ1) is 24.1. The highest BCUT2D eigenvalue weighted by Gasteiger charge is 2.23. The highest BCUT2D eigenvalue weighted by molar-refractivity contribution is 5.35. The standard InChI is InChI=1S/C26H46O/c1-4-7-9-11-12-14-16-20-24(25-21-17-18-22-26(25)27)23(6-3)19-15-13-10-8-5-2/h17-18,21-24,27H,4-16,19-20H2,1-3H3. The molecule has 1 nitrogen and oxygen atoms in total. The second-order valence-electron chi connectivity index (χ2n) is 8.45. The number of para-hydroxylation sites is 1. The van der Waals surface area contributed by atoms with Gasteiger partial charge in [-0.1, -0.05) is 122 Å². The lowest BCUT2D eigenvalue weighted by Crippen LogP contribution is -2.13. The first-order chi connectivity index (χ1) is 13.2. The predicted molar refractivity (Wildman–Crippen MR) is 121 cm³/mol. The molecule has 156 valence electrons. The Hall–Kier alpha value is -0.980. The molecular weight excluding hydrogens is 328 g/mol. The van der Waals surface area contributed by atoms with Crippen molar-refractivity contribution < 1.29 is 5.11 Å². The number of hydrogen-bond donors (Lipinski definition) is 1. The van der Waals surface area contributed by atoms with Gasteiger partial charge in [0, 0.05) is 0 Å². The second kappa shape index (κ2) is 16.0. The molecule has 0 aliphatic rings. The van der Waals surface area contributed by atoms with Gasteiger partial charge in [-0.2, -0.15) is 0 Å². The number of benzene rings is 1. The van der Waals surface area contributed by atoms with Gasteiger partial charge in [0.1, 0.15) is 5.75 Å². The fraction of sp³-hybridized carbons (Fsp3) is 0.769. The van der Waals surface area contributed by atoms with Gasteiger partial charge < -0.3 is 5.11 Å². The van der Waals surface area contributed by atoms with E-state index in [9.17, 15) is 5.11 Å². The van der Waals surface area contributed by atoms with E-state index < -0.39 is 0 Å². The third-order valence-electron chi connectivity index (χ3n) is 6.23. The van der Waals surface area contributed by atoms with E-state index in [1.54, 1.807) is 0 Å². The molecule has 2 unspecified atom stereocenters. The van der Waals surface area contributed by atoms with Crippen LogP contribution < -0.4 is 0 Å². The van der Waals surface area contributed by atoms with Gasteiger partial charge in [0.2, 0.25) is 0 Å². The van der Waals surface area contributed by atoms with Crippen LogP contribution in [0.3, 0.4) is 0 Å². The van der Waals surface area contributed by atoms with Gasteiger partial charge in [-0.3, -0.25) is 0 Å². The topological polar surface area (TPSA) is 20.2 Å². The highest BCUT2D eigenvalue weighted by atomic mass is 16.3. The van der Waals surface area contributed by atoms with Crippen molar-refractivity contribution in [3.8, 4) is 5.75 Å². The molecule has 0 radical (unpaired) electrons. The Morgan fingerprint density at radius 2 is 1.19 bits per heavy atom. The predicted octanol–water partition coefficient (Wildman–Crippen LogP) is 9.00. The monoisotopic (exact) mass is 374 g/mol. The van der Waals surface area contributed by atoms with Crippen LogP contribution >= 0.6 is 0 Å². The van der Waals surface area contributed by atoms with Crippen molar-refractivity contribution >= 4 is 0 Å². The summed E-state index contributed by atoms with van der Waals surface area (Å²) in [5.74, 6) is 1.74. The van der Waals surface area contributed by atoms with E-state index in [0.29, 0.717) is 17.6 Å². The number of phenolic OH excluding ortho intramolecular Hbond substituents is 1. The summed E-state index contributed by atoms with van der Waals surface area (Å²) in [5.41, 5.74) is 1.20. The van der Waals surface area contributed by atoms with Crippen LogP contribution in [0.15, 0.2) is 24.3 Å². The fourth-order valence-electron chi connectivity index (χ4n) is 4.47. The molecule has 1 N–H and O–H groups in total. The van der Waals surface area contributed by atoms with Gasteiger partial charge in [0.15, 0.2) is 0 Å². The SMILES string of the molecule is CCCCCCCCCC(c1ccccc1O)C(CC)CCCCCCC. The van der Waals surface area contributed by atoms with Crippen LogP contribution in [0, 0.1) is 5.92 Å². The lowest BCUT2D eigenvalue weighted by Gasteiger charge is -2.28. The average molecular weight is 375 g/mol. The Balaban J connectivity index is 2.57. The van der Waals surface area contributed by atoms with Crippen LogP contribution in [0.1, 0.15) is 129 Å². The molecule has 0 amide bonds. The fourth-order valence-corrected chi connectivity index (χ4v) is 4.47. The first-order valence-electron chi connectivity index (χ1n) is 12.0. The molecule has 0 saturated carbocycles. The molecule has 0 fully saturated rings. The number of hydrogen-bond acceptors (Lipinski definition) is 1. The van der Waals surface area contributed by atoms with Crippen molar-refractivity contribution in [1.29, 1.82) is 0 Å². The summed E-state index contributed by atoms with van der Waals surface area (Å²) < 4.78 is 0. The van der Waals surface area contributed by atoms with Crippen molar-refractivity contribution in [1.82, 2.24) is 0 Å². The summed E-state index contributed by atoms with van der Waals surface area (Å²) >= 11 is 0.